The van der Waals surface area contributed by atoms with E-state index in [1.807, 2.05) is 0 Å². The average Bonchev–Trinajstić information content (AvgIpc) is 2.46. The third-order valence-electron chi connectivity index (χ3n) is 3.23. The molecular weight excluding hydrogens is 763 g/mol. The summed E-state index contributed by atoms with van der Waals surface area (Å²) in [6.07, 6.45) is 0. The minimum Gasteiger partial charge on any atom is -0.693 e. The molecule has 0 aliphatic heterocycles. The Hall–Kier alpha value is -0.837. The molecule has 0 aromatic rings. The molecule has 0 atom stereocenters. The van der Waals surface area contributed by atoms with E-state index in [-0.39, 0.29) is 107 Å². The van der Waals surface area contributed by atoms with Crippen LogP contribution in [0.15, 0.2) is 0 Å². The summed E-state index contributed by atoms with van der Waals surface area (Å²) in [6, 6.07) is 0. The van der Waals surface area contributed by atoms with E-state index in [2.05, 4.69) is 0 Å². The molecule has 0 aromatic heterocycles. The molecule has 0 heterocycles. The zero-order chi connectivity index (χ0) is 21.0. The van der Waals surface area contributed by atoms with Gasteiger partial charge in [-0.1, -0.05) is 0 Å². The molecule has 17 heteroatoms. The number of aliphatic carboxylic acids is 5. The Morgan fingerprint density at radius 2 is 0.781 bits per heavy atom. The Morgan fingerprint density at radius 3 is 0.969 bits per heavy atom. The van der Waals surface area contributed by atoms with E-state index < -0.39 is 62.6 Å². The first-order chi connectivity index (χ1) is 12.5. The molecule has 0 unspecified atom stereocenters. The molecule has 0 bridgehead atoms. The van der Waals surface area contributed by atoms with Crippen molar-refractivity contribution in [3.63, 3.8) is 0 Å². The van der Waals surface area contributed by atoms with E-state index in [9.17, 15) is 44.4 Å². The van der Waals surface area contributed by atoms with Crippen molar-refractivity contribution in [1.29, 1.82) is 0 Å². The van der Waals surface area contributed by atoms with Crippen LogP contribution in [0.2, 0.25) is 0 Å². The summed E-state index contributed by atoms with van der Waals surface area (Å²) < 4.78 is 0. The minimum atomic E-state index is -1.53. The standard InChI is InChI=1S/C14H23N3O10.CH3.Gd.2H2N.Pt/c18-10(19)5-15(1-3-16(6-11(20)21)7-12(22)23)2-4-17(8-13(24)25)9-14(26)27;;;;;/h1-9H2,(H,18,19)(H,20,21)(H,22,23)(H,24,25)(H,26,27);1H3;;2*1H2;/q;-1;+3;2*-1;/p-4. The van der Waals surface area contributed by atoms with Crippen LogP contribution in [0.1, 0.15) is 0 Å². The van der Waals surface area contributed by atoms with Gasteiger partial charge in [0.2, 0.25) is 0 Å². The summed E-state index contributed by atoms with van der Waals surface area (Å²) in [4.78, 5) is 56.6. The molecule has 0 saturated heterocycles. The van der Waals surface area contributed by atoms with Crippen molar-refractivity contribution in [3.8, 4) is 0 Å². The smallest absolute Gasteiger partial charge is 0.693 e. The summed E-state index contributed by atoms with van der Waals surface area (Å²) in [5.74, 6) is -7.37. The molecule has 0 saturated carbocycles. The van der Waals surface area contributed by atoms with Gasteiger partial charge in [-0.25, -0.2) is 0 Å². The molecule has 1 radical (unpaired) electrons. The van der Waals surface area contributed by atoms with Gasteiger partial charge in [0.25, 0.3) is 0 Å². The number of nitrogens with two attached hydrogens (primary N) is 2. The van der Waals surface area contributed by atoms with E-state index in [1.54, 1.807) is 0 Å². The van der Waals surface area contributed by atoms with Gasteiger partial charge in [-0.3, -0.25) is 19.5 Å². The monoisotopic (exact) mass is 789 g/mol. The van der Waals surface area contributed by atoms with Crippen LogP contribution < -0.4 is 20.4 Å². The van der Waals surface area contributed by atoms with Gasteiger partial charge in [0.05, 0.1) is 30.4 Å². The van der Waals surface area contributed by atoms with Crippen molar-refractivity contribution < 1.29 is 111 Å². The van der Waals surface area contributed by atoms with Crippen molar-refractivity contribution in [2.45, 2.75) is 0 Å². The number of carbonyl (C=O) groups is 5. The van der Waals surface area contributed by atoms with E-state index in [4.69, 9.17) is 5.11 Å². The maximum absolute atomic E-state index is 10.9. The number of hydrogen-bond acceptors (Lipinski definition) is 12. The second kappa shape index (κ2) is 24.8. The molecule has 0 aromatic carbocycles. The van der Waals surface area contributed by atoms with E-state index in [0.29, 0.717) is 0 Å². The third kappa shape index (κ3) is 27.2. The third-order valence-corrected chi connectivity index (χ3v) is 3.23. The molecule has 15 nitrogen and oxygen atoms in total. The van der Waals surface area contributed by atoms with Gasteiger partial charge in [0, 0.05) is 73.4 Å². The topological polar surface area (TPSA) is 275 Å². The molecule has 5 N–H and O–H groups in total. The van der Waals surface area contributed by atoms with Crippen LogP contribution in [-0.2, 0) is 45.0 Å². The van der Waals surface area contributed by atoms with Gasteiger partial charge in [-0.2, -0.15) is 0 Å². The zero-order valence-corrected chi connectivity index (χ0v) is 21.7. The Morgan fingerprint density at radius 1 is 0.562 bits per heavy atom. The van der Waals surface area contributed by atoms with Gasteiger partial charge in [-0.15, -0.1) is 0 Å². The van der Waals surface area contributed by atoms with Crippen molar-refractivity contribution >= 4 is 29.8 Å². The van der Waals surface area contributed by atoms with Gasteiger partial charge in [0.15, 0.2) is 0 Å². The number of rotatable bonds is 16. The number of carboxylic acid groups (broad SMARTS) is 5. The fourth-order valence-corrected chi connectivity index (χ4v) is 2.19. The molecular formula is C15H26GdN5O10Pt-4. The summed E-state index contributed by atoms with van der Waals surface area (Å²) >= 11 is 0. The van der Waals surface area contributed by atoms with Gasteiger partial charge < -0.3 is 64.4 Å². The van der Waals surface area contributed by atoms with Crippen LogP contribution in [0.4, 0.5) is 0 Å². The SMILES string of the molecule is O=C([O-])CN(CCN(CCN(CC(=O)[O-])CC(=O)[O-])CC(=O)O)CC(=O)[O-].[CH3-].[Gd+3].[NH2-].[NH2-].[Pt]. The Bertz CT molecular complexity index is 501. The maximum atomic E-state index is 10.9. The first-order valence-electron chi connectivity index (χ1n) is 7.67. The normalized spacial score (nSPS) is 9.34. The summed E-state index contributed by atoms with van der Waals surface area (Å²) in [5.41, 5.74) is 0. The largest absolute Gasteiger partial charge is 3.00 e. The van der Waals surface area contributed by atoms with Gasteiger partial charge in [-0.05, 0) is 0 Å². The molecule has 0 rings (SSSR count). The fraction of sp³-hybridized carbons (Fsp3) is 0.600. The Balaban J connectivity index is -0.000000338. The van der Waals surface area contributed by atoms with E-state index >= 15 is 0 Å². The number of hydrogen-bond donors (Lipinski definition) is 1. The second-order valence-corrected chi connectivity index (χ2v) is 5.58. The molecule has 0 aliphatic carbocycles. The van der Waals surface area contributed by atoms with Crippen LogP contribution in [0.5, 0.6) is 0 Å². The van der Waals surface area contributed by atoms with Crippen LogP contribution >= 0.6 is 0 Å². The van der Waals surface area contributed by atoms with Gasteiger partial charge >= 0.3 is 45.9 Å². The van der Waals surface area contributed by atoms with Gasteiger partial charge in [0.1, 0.15) is 0 Å². The van der Waals surface area contributed by atoms with E-state index in [0.717, 1.165) is 9.80 Å². The van der Waals surface area contributed by atoms with Crippen molar-refractivity contribution in [1.82, 2.24) is 14.7 Å². The Labute approximate surface area is 232 Å². The van der Waals surface area contributed by atoms with Crippen LogP contribution in [-0.4, -0.2) is 109 Å². The summed E-state index contributed by atoms with van der Waals surface area (Å²) in [6.45, 7) is -3.85. The fourth-order valence-electron chi connectivity index (χ4n) is 2.19. The van der Waals surface area contributed by atoms with Crippen LogP contribution in [0.25, 0.3) is 12.3 Å². The van der Waals surface area contributed by atoms with Crippen LogP contribution in [0.3, 0.4) is 0 Å². The molecule has 0 fully saturated rings. The quantitative estimate of drug-likeness (QED) is 0.143. The molecule has 0 amide bonds. The summed E-state index contributed by atoms with van der Waals surface area (Å²) in [7, 11) is 0. The van der Waals surface area contributed by atoms with Crippen molar-refractivity contribution in [2.24, 2.45) is 0 Å². The summed E-state index contributed by atoms with van der Waals surface area (Å²) in [5, 5.41) is 51.4. The predicted molar refractivity (Wildman–Crippen MR) is 94.0 cm³/mol. The van der Waals surface area contributed by atoms with Crippen LogP contribution in [0, 0.1) is 47.4 Å². The number of nitrogens with zero attached hydrogens (tertiary/aromatic N) is 3. The first-order valence-corrected chi connectivity index (χ1v) is 7.67. The number of carboxylic acids is 5. The minimum absolute atomic E-state index is 0. The molecule has 0 aliphatic rings. The predicted octanol–water partition coefficient (Wildman–Crippen LogP) is -6.14. The number of carbonyl (C=O) groups excluding carboxylic acids is 4. The van der Waals surface area contributed by atoms with Crippen molar-refractivity contribution in [2.75, 3.05) is 58.9 Å². The molecule has 32 heavy (non-hydrogen) atoms. The average molecular weight is 789 g/mol. The zero-order valence-electron chi connectivity index (χ0n) is 17.2. The second-order valence-electron chi connectivity index (χ2n) is 5.58. The van der Waals surface area contributed by atoms with Crippen molar-refractivity contribution in [3.05, 3.63) is 19.7 Å². The Kier molecular flexibility index (Phi) is 34.7. The maximum Gasteiger partial charge on any atom is 3.00 e. The molecule has 193 valence electrons. The van der Waals surface area contributed by atoms with E-state index in [1.165, 1.54) is 4.90 Å². The molecule has 0 spiro atoms. The first kappa shape index (κ1) is 44.8.